The summed E-state index contributed by atoms with van der Waals surface area (Å²) < 4.78 is 16.1. The van der Waals surface area contributed by atoms with Crippen LogP contribution >= 0.6 is 0 Å². The second-order valence-electron chi connectivity index (χ2n) is 6.52. The summed E-state index contributed by atoms with van der Waals surface area (Å²) in [6, 6.07) is 12.4. The van der Waals surface area contributed by atoms with E-state index < -0.39 is 0 Å². The number of nitrogens with one attached hydrogen (secondary N) is 3. The van der Waals surface area contributed by atoms with Crippen LogP contribution in [0.15, 0.2) is 42.5 Å². The SMILES string of the molecule is CCCc1[nH]nc(-c2ccc3c(c2)OCO3)c1NC(=O)Nc1ccccc1OC. The summed E-state index contributed by atoms with van der Waals surface area (Å²) in [5.41, 5.74) is 3.54. The van der Waals surface area contributed by atoms with E-state index in [-0.39, 0.29) is 12.8 Å². The molecule has 2 aromatic carbocycles. The maximum absolute atomic E-state index is 12.7. The van der Waals surface area contributed by atoms with Crippen molar-refractivity contribution in [2.45, 2.75) is 19.8 Å². The van der Waals surface area contributed by atoms with Crippen molar-refractivity contribution >= 4 is 17.4 Å². The number of ether oxygens (including phenoxy) is 3. The average molecular weight is 394 g/mol. The summed E-state index contributed by atoms with van der Waals surface area (Å²) >= 11 is 0. The summed E-state index contributed by atoms with van der Waals surface area (Å²) in [5, 5.41) is 13.2. The maximum atomic E-state index is 12.7. The summed E-state index contributed by atoms with van der Waals surface area (Å²) in [6.45, 7) is 2.27. The molecule has 0 saturated carbocycles. The summed E-state index contributed by atoms with van der Waals surface area (Å²) in [7, 11) is 1.56. The zero-order valence-electron chi connectivity index (χ0n) is 16.2. The second kappa shape index (κ2) is 8.14. The number of hydrogen-bond acceptors (Lipinski definition) is 5. The third-order valence-electron chi connectivity index (χ3n) is 4.58. The number of methoxy groups -OCH3 is 1. The van der Waals surface area contributed by atoms with E-state index in [2.05, 4.69) is 27.8 Å². The fourth-order valence-corrected chi connectivity index (χ4v) is 3.21. The van der Waals surface area contributed by atoms with Crippen molar-refractivity contribution in [1.29, 1.82) is 0 Å². The second-order valence-corrected chi connectivity index (χ2v) is 6.52. The topological polar surface area (TPSA) is 97.5 Å². The van der Waals surface area contributed by atoms with Gasteiger partial charge in [0.05, 0.1) is 24.2 Å². The zero-order valence-corrected chi connectivity index (χ0v) is 16.2. The van der Waals surface area contributed by atoms with Crippen LogP contribution in [0.2, 0.25) is 0 Å². The molecular weight excluding hydrogens is 372 g/mol. The molecule has 0 fully saturated rings. The lowest BCUT2D eigenvalue weighted by molar-refractivity contribution is 0.174. The first-order valence-corrected chi connectivity index (χ1v) is 9.38. The molecule has 0 bridgehead atoms. The molecule has 0 unspecified atom stereocenters. The Bertz CT molecular complexity index is 1030. The van der Waals surface area contributed by atoms with Crippen LogP contribution in [-0.2, 0) is 6.42 Å². The van der Waals surface area contributed by atoms with E-state index in [1.807, 2.05) is 30.3 Å². The third kappa shape index (κ3) is 3.82. The molecular formula is C21H22N4O4. The van der Waals surface area contributed by atoms with E-state index in [1.54, 1.807) is 19.2 Å². The molecule has 2 heterocycles. The fraction of sp³-hybridized carbons (Fsp3) is 0.238. The van der Waals surface area contributed by atoms with Crippen LogP contribution in [0.5, 0.6) is 17.2 Å². The van der Waals surface area contributed by atoms with E-state index in [4.69, 9.17) is 14.2 Å². The highest BCUT2D eigenvalue weighted by molar-refractivity contribution is 6.03. The lowest BCUT2D eigenvalue weighted by atomic mass is 10.1. The number of fused-ring (bicyclic) bond motifs is 1. The van der Waals surface area contributed by atoms with Crippen molar-refractivity contribution in [3.05, 3.63) is 48.2 Å². The minimum atomic E-state index is -0.379. The molecule has 1 aromatic heterocycles. The number of hydrogen-bond donors (Lipinski definition) is 3. The molecule has 150 valence electrons. The molecule has 3 aromatic rings. The van der Waals surface area contributed by atoms with Gasteiger partial charge in [0.25, 0.3) is 0 Å². The molecule has 0 radical (unpaired) electrons. The third-order valence-corrected chi connectivity index (χ3v) is 4.58. The van der Waals surface area contributed by atoms with Gasteiger partial charge in [-0.3, -0.25) is 5.10 Å². The van der Waals surface area contributed by atoms with Gasteiger partial charge < -0.3 is 24.8 Å². The molecule has 2 amide bonds. The van der Waals surface area contributed by atoms with Crippen molar-refractivity contribution in [2.24, 2.45) is 0 Å². The Balaban J connectivity index is 1.62. The van der Waals surface area contributed by atoms with Crippen LogP contribution in [0.3, 0.4) is 0 Å². The molecule has 29 heavy (non-hydrogen) atoms. The number of anilines is 2. The largest absolute Gasteiger partial charge is 0.495 e. The van der Waals surface area contributed by atoms with Gasteiger partial charge in [0.1, 0.15) is 11.4 Å². The highest BCUT2D eigenvalue weighted by Crippen LogP contribution is 2.38. The van der Waals surface area contributed by atoms with Crippen LogP contribution in [-0.4, -0.2) is 30.1 Å². The van der Waals surface area contributed by atoms with Gasteiger partial charge in [-0.05, 0) is 36.8 Å². The standard InChI is InChI=1S/C21H22N4O4/c1-3-6-15-20(23-21(26)22-14-7-4-5-8-16(14)27-2)19(25-24-15)13-9-10-17-18(11-13)29-12-28-17/h4-5,7-11H,3,6,12H2,1-2H3,(H,24,25)(H2,22,23,26). The van der Waals surface area contributed by atoms with Gasteiger partial charge in [-0.25, -0.2) is 4.79 Å². The van der Waals surface area contributed by atoms with Crippen LogP contribution in [0.25, 0.3) is 11.3 Å². The van der Waals surface area contributed by atoms with Gasteiger partial charge in [-0.1, -0.05) is 25.5 Å². The minimum absolute atomic E-state index is 0.201. The molecule has 1 aliphatic heterocycles. The Morgan fingerprint density at radius 3 is 2.83 bits per heavy atom. The number of H-pyrrole nitrogens is 1. The van der Waals surface area contributed by atoms with E-state index in [9.17, 15) is 4.79 Å². The summed E-state index contributed by atoms with van der Waals surface area (Å²) in [6.07, 6.45) is 1.66. The molecule has 0 saturated heterocycles. The quantitative estimate of drug-likeness (QED) is 0.575. The van der Waals surface area contributed by atoms with Crippen molar-refractivity contribution in [3.63, 3.8) is 0 Å². The fourth-order valence-electron chi connectivity index (χ4n) is 3.21. The number of aromatic nitrogens is 2. The predicted octanol–water partition coefficient (Wildman–Crippen LogP) is 4.41. The molecule has 1 aliphatic rings. The summed E-state index contributed by atoms with van der Waals surface area (Å²) in [4.78, 5) is 12.7. The average Bonchev–Trinajstić information content (AvgIpc) is 3.35. The van der Waals surface area contributed by atoms with Crippen LogP contribution in [0, 0.1) is 0 Å². The minimum Gasteiger partial charge on any atom is -0.495 e. The molecule has 0 atom stereocenters. The smallest absolute Gasteiger partial charge is 0.323 e. The highest BCUT2D eigenvalue weighted by Gasteiger charge is 2.20. The van der Waals surface area contributed by atoms with E-state index in [1.165, 1.54) is 0 Å². The molecule has 8 heteroatoms. The van der Waals surface area contributed by atoms with Gasteiger partial charge in [0, 0.05) is 5.56 Å². The van der Waals surface area contributed by atoms with Gasteiger partial charge in [0.15, 0.2) is 11.5 Å². The molecule has 0 spiro atoms. The number of rotatable bonds is 6. The Hall–Kier alpha value is -3.68. The summed E-state index contributed by atoms with van der Waals surface area (Å²) in [5.74, 6) is 1.94. The molecule has 0 aliphatic carbocycles. The first kappa shape index (κ1) is 18.7. The number of aromatic amines is 1. The van der Waals surface area contributed by atoms with Gasteiger partial charge in [0.2, 0.25) is 6.79 Å². The van der Waals surface area contributed by atoms with Gasteiger partial charge in [-0.2, -0.15) is 5.10 Å². The predicted molar refractivity (Wildman–Crippen MR) is 110 cm³/mol. The number of urea groups is 1. The Kier molecular flexibility index (Phi) is 5.24. The van der Waals surface area contributed by atoms with E-state index >= 15 is 0 Å². The van der Waals surface area contributed by atoms with E-state index in [0.717, 1.165) is 24.1 Å². The number of aryl methyl sites for hydroxylation is 1. The highest BCUT2D eigenvalue weighted by atomic mass is 16.7. The molecule has 3 N–H and O–H groups in total. The Morgan fingerprint density at radius 1 is 1.17 bits per heavy atom. The van der Waals surface area contributed by atoms with E-state index in [0.29, 0.717) is 34.3 Å². The molecule has 8 nitrogen and oxygen atoms in total. The van der Waals surface area contributed by atoms with Gasteiger partial charge in [-0.15, -0.1) is 0 Å². The van der Waals surface area contributed by atoms with Crippen LogP contribution in [0.4, 0.5) is 16.2 Å². The van der Waals surface area contributed by atoms with Crippen molar-refractivity contribution in [1.82, 2.24) is 10.2 Å². The number of carbonyl (C=O) groups excluding carboxylic acids is 1. The van der Waals surface area contributed by atoms with Crippen LogP contribution in [0.1, 0.15) is 19.0 Å². The first-order valence-electron chi connectivity index (χ1n) is 9.38. The van der Waals surface area contributed by atoms with Crippen molar-refractivity contribution < 1.29 is 19.0 Å². The van der Waals surface area contributed by atoms with Crippen LogP contribution < -0.4 is 24.8 Å². The zero-order chi connectivity index (χ0) is 20.2. The maximum Gasteiger partial charge on any atom is 0.323 e. The number of benzene rings is 2. The number of nitrogens with zero attached hydrogens (tertiary/aromatic N) is 1. The van der Waals surface area contributed by atoms with Crippen molar-refractivity contribution in [2.75, 3.05) is 24.5 Å². The van der Waals surface area contributed by atoms with Gasteiger partial charge >= 0.3 is 6.03 Å². The number of amides is 2. The Morgan fingerprint density at radius 2 is 2.00 bits per heavy atom. The molecule has 4 rings (SSSR count). The number of para-hydroxylation sites is 2. The normalized spacial score (nSPS) is 11.9. The Labute approximate surface area is 168 Å². The first-order chi connectivity index (χ1) is 14.2. The monoisotopic (exact) mass is 394 g/mol. The number of carbonyl (C=O) groups is 1. The van der Waals surface area contributed by atoms with Crippen molar-refractivity contribution in [3.8, 4) is 28.5 Å². The lowest BCUT2D eigenvalue weighted by Gasteiger charge is -2.12. The lowest BCUT2D eigenvalue weighted by Crippen LogP contribution is -2.20.